The summed E-state index contributed by atoms with van der Waals surface area (Å²) >= 11 is 0. The van der Waals surface area contributed by atoms with Crippen LogP contribution in [0, 0.1) is 0 Å². The fraction of sp³-hybridized carbons (Fsp3) is 0.818. The molecule has 0 aliphatic carbocycles. The molecule has 7 heteroatoms. The molecule has 2 saturated heterocycles. The Labute approximate surface area is 104 Å². The Morgan fingerprint density at radius 3 is 2.78 bits per heavy atom. The highest BCUT2D eigenvalue weighted by molar-refractivity contribution is 5.02. The largest absolute Gasteiger partial charge is 0.387 e. The average Bonchev–Trinajstić information content (AvgIpc) is 2.83. The van der Waals surface area contributed by atoms with Gasteiger partial charge in [0, 0.05) is 13.2 Å². The Morgan fingerprint density at radius 2 is 2.11 bits per heavy atom. The van der Waals surface area contributed by atoms with Gasteiger partial charge in [0.1, 0.15) is 24.4 Å². The van der Waals surface area contributed by atoms with Crippen LogP contribution >= 0.6 is 0 Å². The van der Waals surface area contributed by atoms with Crippen molar-refractivity contribution < 1.29 is 33.9 Å². The molecule has 6 atom stereocenters. The number of rotatable bonds is 1. The van der Waals surface area contributed by atoms with Crippen LogP contribution in [0.4, 0.5) is 0 Å². The highest BCUT2D eigenvalue weighted by Crippen LogP contribution is 2.35. The second kappa shape index (κ2) is 4.53. The quantitative estimate of drug-likeness (QED) is 0.569. The molecule has 0 aromatic rings. The number of aliphatic hydroxyl groups is 2. The summed E-state index contributed by atoms with van der Waals surface area (Å²) < 4.78 is 26.8. The van der Waals surface area contributed by atoms with E-state index in [0.29, 0.717) is 6.61 Å². The van der Waals surface area contributed by atoms with Gasteiger partial charge in [-0.1, -0.05) is 6.08 Å². The van der Waals surface area contributed by atoms with Crippen LogP contribution in [0.15, 0.2) is 12.2 Å². The lowest BCUT2D eigenvalue weighted by atomic mass is 9.98. The van der Waals surface area contributed by atoms with Gasteiger partial charge in [0.2, 0.25) is 0 Å². The summed E-state index contributed by atoms with van der Waals surface area (Å²) in [6.45, 7) is 0.580. The van der Waals surface area contributed by atoms with Gasteiger partial charge in [0.25, 0.3) is 0 Å². The van der Waals surface area contributed by atoms with E-state index < -0.39 is 36.7 Å². The number of methoxy groups -OCH3 is 1. The molecule has 3 heterocycles. The molecule has 102 valence electrons. The molecular formula is C11H16O7. The Kier molecular flexibility index (Phi) is 3.15. The standard InChI is InChI=1S/C11H16O7/c1-14-10-8(13)7(12)9-6(17-10)5-16-11(18-9)3-2-4-15-11/h2-3,6-10,12-13H,4-5H2,1H3/t6-,7-,8-,9-,10+,11?/m1/s1. The van der Waals surface area contributed by atoms with E-state index in [-0.39, 0.29) is 6.61 Å². The van der Waals surface area contributed by atoms with Crippen LogP contribution in [-0.2, 0) is 23.7 Å². The van der Waals surface area contributed by atoms with Gasteiger partial charge in [-0.15, -0.1) is 0 Å². The monoisotopic (exact) mass is 260 g/mol. The molecule has 1 spiro atoms. The highest BCUT2D eigenvalue weighted by atomic mass is 16.9. The molecule has 3 aliphatic rings. The molecular weight excluding hydrogens is 244 g/mol. The number of fused-ring (bicyclic) bond motifs is 1. The molecule has 18 heavy (non-hydrogen) atoms. The van der Waals surface area contributed by atoms with Crippen molar-refractivity contribution in [3.8, 4) is 0 Å². The fourth-order valence-electron chi connectivity index (χ4n) is 2.37. The van der Waals surface area contributed by atoms with Crippen LogP contribution in [0.3, 0.4) is 0 Å². The molecule has 0 amide bonds. The van der Waals surface area contributed by atoms with E-state index in [9.17, 15) is 10.2 Å². The predicted octanol–water partition coefficient (Wildman–Crippen LogP) is -1.26. The third-order valence-electron chi connectivity index (χ3n) is 3.32. The van der Waals surface area contributed by atoms with Crippen molar-refractivity contribution in [1.29, 1.82) is 0 Å². The Hall–Kier alpha value is -0.540. The van der Waals surface area contributed by atoms with Crippen LogP contribution in [0.5, 0.6) is 0 Å². The van der Waals surface area contributed by atoms with Gasteiger partial charge >= 0.3 is 5.97 Å². The summed E-state index contributed by atoms with van der Waals surface area (Å²) in [4.78, 5) is 0. The minimum absolute atomic E-state index is 0.193. The summed E-state index contributed by atoms with van der Waals surface area (Å²) in [6, 6.07) is 0. The van der Waals surface area contributed by atoms with Crippen LogP contribution in [0.25, 0.3) is 0 Å². The number of ether oxygens (including phenoxy) is 5. The summed E-state index contributed by atoms with van der Waals surface area (Å²) in [5, 5.41) is 19.9. The van der Waals surface area contributed by atoms with Crippen LogP contribution < -0.4 is 0 Å². The second-order valence-corrected chi connectivity index (χ2v) is 4.47. The van der Waals surface area contributed by atoms with Gasteiger partial charge in [-0.2, -0.15) is 0 Å². The van der Waals surface area contributed by atoms with Crippen LogP contribution in [-0.4, -0.2) is 67.2 Å². The molecule has 0 saturated carbocycles. The summed E-state index contributed by atoms with van der Waals surface area (Å²) in [7, 11) is 1.40. The maximum atomic E-state index is 10.0. The molecule has 3 rings (SSSR count). The zero-order valence-corrected chi connectivity index (χ0v) is 9.89. The number of hydrogen-bond acceptors (Lipinski definition) is 7. The minimum atomic E-state index is -1.26. The Balaban J connectivity index is 1.77. The first-order chi connectivity index (χ1) is 8.65. The van der Waals surface area contributed by atoms with Gasteiger partial charge < -0.3 is 33.9 Å². The second-order valence-electron chi connectivity index (χ2n) is 4.47. The molecule has 0 aromatic heterocycles. The first-order valence-corrected chi connectivity index (χ1v) is 5.83. The lowest BCUT2D eigenvalue weighted by Crippen LogP contribution is -2.65. The Bertz CT molecular complexity index is 344. The van der Waals surface area contributed by atoms with E-state index >= 15 is 0 Å². The van der Waals surface area contributed by atoms with E-state index in [4.69, 9.17) is 23.7 Å². The van der Waals surface area contributed by atoms with E-state index in [1.165, 1.54) is 7.11 Å². The first kappa shape index (κ1) is 12.5. The molecule has 2 N–H and O–H groups in total. The number of aliphatic hydroxyl groups excluding tert-OH is 2. The van der Waals surface area contributed by atoms with Crippen molar-refractivity contribution in [1.82, 2.24) is 0 Å². The van der Waals surface area contributed by atoms with Crippen molar-refractivity contribution in [2.75, 3.05) is 20.3 Å². The summed E-state index contributed by atoms with van der Waals surface area (Å²) in [5.74, 6) is -1.26. The third-order valence-corrected chi connectivity index (χ3v) is 3.32. The average molecular weight is 260 g/mol. The van der Waals surface area contributed by atoms with E-state index in [0.717, 1.165) is 0 Å². The van der Waals surface area contributed by atoms with Crippen LogP contribution in [0.1, 0.15) is 0 Å². The van der Waals surface area contributed by atoms with E-state index in [1.807, 2.05) is 0 Å². The summed E-state index contributed by atoms with van der Waals surface area (Å²) in [5.41, 5.74) is 0. The maximum absolute atomic E-state index is 10.0. The molecule has 2 fully saturated rings. The highest BCUT2D eigenvalue weighted by Gasteiger charge is 2.53. The van der Waals surface area contributed by atoms with Crippen molar-refractivity contribution in [2.24, 2.45) is 0 Å². The van der Waals surface area contributed by atoms with Gasteiger partial charge in [-0.05, 0) is 0 Å². The van der Waals surface area contributed by atoms with Crippen molar-refractivity contribution in [2.45, 2.75) is 36.7 Å². The molecule has 0 bridgehead atoms. The SMILES string of the molecule is CO[C@H]1O[C@@H]2COC3(C=CCO3)O[C@H]2[C@H](O)[C@H]1O. The van der Waals surface area contributed by atoms with Gasteiger partial charge in [0.05, 0.1) is 13.2 Å². The zero-order chi connectivity index (χ0) is 12.8. The molecule has 1 unspecified atom stereocenters. The topological polar surface area (TPSA) is 86.6 Å². The van der Waals surface area contributed by atoms with Gasteiger partial charge in [-0.25, -0.2) is 0 Å². The predicted molar refractivity (Wildman–Crippen MR) is 56.3 cm³/mol. The van der Waals surface area contributed by atoms with Gasteiger partial charge in [-0.3, -0.25) is 0 Å². The van der Waals surface area contributed by atoms with Crippen molar-refractivity contribution in [3.63, 3.8) is 0 Å². The lowest BCUT2D eigenvalue weighted by Gasteiger charge is -2.48. The van der Waals surface area contributed by atoms with Crippen molar-refractivity contribution >= 4 is 0 Å². The smallest absolute Gasteiger partial charge is 0.305 e. The molecule has 7 nitrogen and oxygen atoms in total. The first-order valence-electron chi connectivity index (χ1n) is 5.83. The zero-order valence-electron chi connectivity index (χ0n) is 9.89. The number of hydrogen-bond donors (Lipinski definition) is 2. The van der Waals surface area contributed by atoms with Gasteiger partial charge in [0.15, 0.2) is 6.29 Å². The molecule has 0 radical (unpaired) electrons. The van der Waals surface area contributed by atoms with E-state index in [2.05, 4.69) is 0 Å². The maximum Gasteiger partial charge on any atom is 0.305 e. The lowest BCUT2D eigenvalue weighted by molar-refractivity contribution is -0.433. The summed E-state index contributed by atoms with van der Waals surface area (Å²) in [6.07, 6.45) is -0.985. The third kappa shape index (κ3) is 1.88. The normalized spacial score (nSPS) is 51.6. The molecule has 3 aliphatic heterocycles. The minimum Gasteiger partial charge on any atom is -0.387 e. The van der Waals surface area contributed by atoms with Crippen LogP contribution in [0.2, 0.25) is 0 Å². The van der Waals surface area contributed by atoms with Crippen molar-refractivity contribution in [3.05, 3.63) is 12.2 Å². The fourth-order valence-corrected chi connectivity index (χ4v) is 2.37. The Morgan fingerprint density at radius 1 is 1.28 bits per heavy atom. The molecule has 0 aromatic carbocycles. The van der Waals surface area contributed by atoms with E-state index in [1.54, 1.807) is 12.2 Å².